The zero-order chi connectivity index (χ0) is 34.6. The Hall–Kier alpha value is -3.67. The normalized spacial score (nSPS) is 24.8. The maximum atomic E-state index is 15.6. The largest absolute Gasteiger partial charge is 0.504 e. The number of carbonyl (C=O) groups excluding carboxylic acids is 2. The van der Waals surface area contributed by atoms with Crippen LogP contribution in [0.25, 0.3) is 11.0 Å². The summed E-state index contributed by atoms with van der Waals surface area (Å²) in [5.41, 5.74) is -0.662. The van der Waals surface area contributed by atoms with Crippen LogP contribution in [0.5, 0.6) is 11.5 Å². The minimum Gasteiger partial charge on any atom is -0.504 e. The van der Waals surface area contributed by atoms with Crippen molar-refractivity contribution < 1.29 is 24.2 Å². The van der Waals surface area contributed by atoms with Gasteiger partial charge in [-0.25, -0.2) is 0 Å². The Labute approximate surface area is 274 Å². The SMILES string of the molecule is CC(C)=CCCC(C)=CC[C@H]1C(C)(C)[C@@]2(CC=C(C)C)C(=O)c3c(oc4cc(O)c(O)cc4c3=O)[C@](CC=C(C)C)(C2=O)C1(C)C. The van der Waals surface area contributed by atoms with Crippen LogP contribution in [0.1, 0.15) is 124 Å². The molecule has 4 rings (SSSR count). The molecule has 0 amide bonds. The topological polar surface area (TPSA) is 105 Å². The molecule has 2 aliphatic carbocycles. The maximum Gasteiger partial charge on any atom is 0.204 e. The van der Waals surface area contributed by atoms with Crippen molar-refractivity contribution in [2.75, 3.05) is 0 Å². The van der Waals surface area contributed by atoms with Crippen molar-refractivity contribution in [2.45, 2.75) is 114 Å². The van der Waals surface area contributed by atoms with E-state index in [1.54, 1.807) is 0 Å². The van der Waals surface area contributed by atoms with Crippen LogP contribution in [-0.2, 0) is 10.2 Å². The molecule has 6 heteroatoms. The third kappa shape index (κ3) is 5.22. The minimum absolute atomic E-state index is 0.00774. The number of aromatic hydroxyl groups is 2. The Morgan fingerprint density at radius 1 is 0.761 bits per heavy atom. The molecule has 2 bridgehead atoms. The van der Waals surface area contributed by atoms with Crippen LogP contribution in [-0.4, -0.2) is 21.8 Å². The van der Waals surface area contributed by atoms with E-state index in [1.807, 2.05) is 53.7 Å². The molecule has 46 heavy (non-hydrogen) atoms. The predicted molar refractivity (Wildman–Crippen MR) is 185 cm³/mol. The number of hydrogen-bond acceptors (Lipinski definition) is 6. The van der Waals surface area contributed by atoms with Crippen LogP contribution in [0.15, 0.2) is 67.9 Å². The van der Waals surface area contributed by atoms with Gasteiger partial charge in [0, 0.05) is 6.07 Å². The van der Waals surface area contributed by atoms with Crippen LogP contribution < -0.4 is 5.43 Å². The summed E-state index contributed by atoms with van der Waals surface area (Å²) in [5.74, 6) is -1.74. The van der Waals surface area contributed by atoms with Crippen LogP contribution >= 0.6 is 0 Å². The summed E-state index contributed by atoms with van der Waals surface area (Å²) in [6.45, 7) is 22.4. The summed E-state index contributed by atoms with van der Waals surface area (Å²) in [7, 11) is 0. The van der Waals surface area contributed by atoms with Gasteiger partial charge in [0.2, 0.25) is 5.43 Å². The van der Waals surface area contributed by atoms with Crippen LogP contribution in [0.2, 0.25) is 0 Å². The molecule has 1 fully saturated rings. The lowest BCUT2D eigenvalue weighted by molar-refractivity contribution is -0.173. The molecule has 1 heterocycles. The smallest absolute Gasteiger partial charge is 0.204 e. The molecule has 0 spiro atoms. The van der Waals surface area contributed by atoms with Gasteiger partial charge >= 0.3 is 0 Å². The molecule has 2 aromatic rings. The van der Waals surface area contributed by atoms with Crippen LogP contribution in [0, 0.1) is 22.2 Å². The summed E-state index contributed by atoms with van der Waals surface area (Å²) < 4.78 is 6.51. The first kappa shape index (κ1) is 35.2. The number of hydrogen-bond donors (Lipinski definition) is 2. The van der Waals surface area contributed by atoms with Crippen LogP contribution in [0.3, 0.4) is 0 Å². The van der Waals surface area contributed by atoms with Crippen molar-refractivity contribution in [3.63, 3.8) is 0 Å². The van der Waals surface area contributed by atoms with E-state index in [0.29, 0.717) is 6.42 Å². The monoisotopic (exact) mass is 628 g/mol. The number of Topliss-reactive ketones (excluding diaryl/α,β-unsaturated/α-hetero) is 2. The van der Waals surface area contributed by atoms with Crippen molar-refractivity contribution in [1.29, 1.82) is 0 Å². The Morgan fingerprint density at radius 3 is 1.85 bits per heavy atom. The molecule has 3 atom stereocenters. The summed E-state index contributed by atoms with van der Waals surface area (Å²) in [6, 6.07) is 2.33. The Kier molecular flexibility index (Phi) is 9.31. The molecular formula is C40H52O6. The van der Waals surface area contributed by atoms with Gasteiger partial charge in [0.05, 0.1) is 10.8 Å². The third-order valence-electron chi connectivity index (χ3n) is 11.1. The molecule has 0 unspecified atom stereocenters. The highest BCUT2D eigenvalue weighted by molar-refractivity contribution is 6.23. The number of rotatable bonds is 9. The summed E-state index contributed by atoms with van der Waals surface area (Å²) in [5, 5.41) is 20.6. The lowest BCUT2D eigenvalue weighted by atomic mass is 9.33. The molecule has 0 saturated heterocycles. The highest BCUT2D eigenvalue weighted by atomic mass is 16.3. The second-order valence-electron chi connectivity index (χ2n) is 15.5. The van der Waals surface area contributed by atoms with E-state index in [9.17, 15) is 15.0 Å². The molecule has 1 aromatic heterocycles. The number of phenolic OH excluding ortho intramolecular Hbond substituents is 2. The quantitative estimate of drug-likeness (QED) is 0.163. The van der Waals surface area contributed by atoms with Gasteiger partial charge in [-0.1, -0.05) is 74.3 Å². The van der Waals surface area contributed by atoms with Crippen molar-refractivity contribution in [2.24, 2.45) is 22.2 Å². The average Bonchev–Trinajstić information content (AvgIpc) is 2.93. The predicted octanol–water partition coefficient (Wildman–Crippen LogP) is 9.67. The van der Waals surface area contributed by atoms with Gasteiger partial charge in [0.25, 0.3) is 0 Å². The van der Waals surface area contributed by atoms with E-state index >= 15 is 9.59 Å². The number of ketones is 2. The van der Waals surface area contributed by atoms with Crippen molar-refractivity contribution in [3.8, 4) is 11.5 Å². The zero-order valence-electron chi connectivity index (χ0n) is 29.6. The van der Waals surface area contributed by atoms with E-state index in [-0.39, 0.29) is 46.8 Å². The molecule has 1 aromatic carbocycles. The molecule has 6 nitrogen and oxygen atoms in total. The van der Waals surface area contributed by atoms with Crippen LogP contribution in [0.4, 0.5) is 0 Å². The van der Waals surface area contributed by atoms with Gasteiger partial charge in [-0.2, -0.15) is 0 Å². The fourth-order valence-electron chi connectivity index (χ4n) is 8.39. The van der Waals surface area contributed by atoms with E-state index in [2.05, 4.69) is 46.8 Å². The number of carbonyl (C=O) groups is 2. The van der Waals surface area contributed by atoms with E-state index < -0.39 is 44.4 Å². The van der Waals surface area contributed by atoms with Gasteiger partial charge in [-0.15, -0.1) is 0 Å². The standard InChI is InChI=1S/C40H52O6/c1-23(2)13-12-14-26(7)15-16-31-37(8,9)39(19-17-24(3)4)34(44)32-33(43)27-21-28(41)29(42)22-30(27)46-35(32)40(36(39)45,38(31,10)11)20-18-25(5)6/h13,15,17-18,21-22,31,41-42H,12,14,16,19-20H2,1-11H3/t31-,39-,40+/m0/s1. The van der Waals surface area contributed by atoms with Gasteiger partial charge in [-0.3, -0.25) is 14.4 Å². The highest BCUT2D eigenvalue weighted by Crippen LogP contribution is 2.71. The molecule has 2 aliphatic rings. The molecule has 248 valence electrons. The van der Waals surface area contributed by atoms with E-state index in [4.69, 9.17) is 4.42 Å². The summed E-state index contributed by atoms with van der Waals surface area (Å²) >= 11 is 0. The number of benzene rings is 1. The van der Waals surface area contributed by atoms with Crippen molar-refractivity contribution in [3.05, 3.63) is 80.3 Å². The Bertz CT molecular complexity index is 1760. The lowest BCUT2D eigenvalue weighted by Crippen LogP contribution is -2.74. The molecule has 0 radical (unpaired) electrons. The average molecular weight is 629 g/mol. The summed E-state index contributed by atoms with van der Waals surface area (Å²) in [4.78, 5) is 45.1. The van der Waals surface area contributed by atoms with Crippen molar-refractivity contribution in [1.82, 2.24) is 0 Å². The van der Waals surface area contributed by atoms with Gasteiger partial charge < -0.3 is 14.6 Å². The zero-order valence-corrected chi connectivity index (χ0v) is 29.6. The molecular weight excluding hydrogens is 576 g/mol. The number of fused-ring (bicyclic) bond motifs is 5. The minimum atomic E-state index is -1.53. The van der Waals surface area contributed by atoms with E-state index in [0.717, 1.165) is 30.1 Å². The first-order chi connectivity index (χ1) is 21.3. The van der Waals surface area contributed by atoms with Gasteiger partial charge in [0.1, 0.15) is 22.3 Å². The number of allylic oxidation sites excluding steroid dienone is 8. The van der Waals surface area contributed by atoms with Crippen molar-refractivity contribution >= 4 is 22.5 Å². The number of phenols is 2. The molecule has 1 saturated carbocycles. The first-order valence-corrected chi connectivity index (χ1v) is 16.5. The Balaban J connectivity index is 2.15. The van der Waals surface area contributed by atoms with Gasteiger partial charge in [-0.05, 0) is 103 Å². The maximum absolute atomic E-state index is 15.6. The molecule has 2 N–H and O–H groups in total. The van der Waals surface area contributed by atoms with E-state index in [1.165, 1.54) is 17.2 Å². The first-order valence-electron chi connectivity index (χ1n) is 16.5. The fourth-order valence-corrected chi connectivity index (χ4v) is 8.39. The highest BCUT2D eigenvalue weighted by Gasteiger charge is 2.77. The van der Waals surface area contributed by atoms with Gasteiger partial charge in [0.15, 0.2) is 23.1 Å². The summed E-state index contributed by atoms with van der Waals surface area (Å²) in [6.07, 6.45) is 11.4. The third-order valence-corrected chi connectivity index (χ3v) is 11.1. The Morgan fingerprint density at radius 2 is 1.28 bits per heavy atom. The fraction of sp³-hybridized carbons (Fsp3) is 0.525. The molecule has 0 aliphatic heterocycles. The second kappa shape index (κ2) is 12.2. The lowest BCUT2D eigenvalue weighted by Gasteiger charge is -2.67. The second-order valence-corrected chi connectivity index (χ2v) is 15.5.